The van der Waals surface area contributed by atoms with E-state index in [2.05, 4.69) is 9.98 Å². The molecule has 12 heteroatoms. The second-order valence-electron chi connectivity index (χ2n) is 7.43. The standard InChI is InChI=1S/C21H16FN3O3.C2HF3O2/c1-26-13-3-5-19-16(9-13)21(11-27-20(23)25-21)15-8-12(2-4-18(15)28-19)14-10-24-7-6-17(14)22;3-2(4,5)1(6)7/h2-10H,11H2,1H3,(H2,23,25);(H,6,7). The third kappa shape index (κ3) is 4.42. The molecular formula is C23H17F4N3O5. The number of ether oxygens (including phenoxy) is 3. The molecule has 2 aliphatic rings. The highest BCUT2D eigenvalue weighted by molar-refractivity contribution is 5.78. The SMILES string of the molecule is COc1ccc2c(c1)C1(COC(N)=N1)c1cc(-c3cnccc3F)ccc1O2.O=C(O)C(F)(F)F. The Hall–Kier alpha value is -4.35. The number of methoxy groups -OCH3 is 1. The van der Waals surface area contributed by atoms with Gasteiger partial charge >= 0.3 is 12.1 Å². The summed E-state index contributed by atoms with van der Waals surface area (Å²) in [7, 11) is 1.60. The number of carboxylic acids is 1. The normalized spacial score (nSPS) is 17.7. The first-order valence-electron chi connectivity index (χ1n) is 9.94. The number of pyridine rings is 1. The number of carboxylic acid groups (broad SMARTS) is 1. The number of amidine groups is 1. The molecule has 3 aromatic rings. The van der Waals surface area contributed by atoms with E-state index in [0.717, 1.165) is 11.1 Å². The van der Waals surface area contributed by atoms with Gasteiger partial charge in [0.1, 0.15) is 29.7 Å². The molecule has 2 aliphatic heterocycles. The highest BCUT2D eigenvalue weighted by Crippen LogP contribution is 2.52. The minimum atomic E-state index is -5.08. The molecule has 5 rings (SSSR count). The second-order valence-corrected chi connectivity index (χ2v) is 7.43. The van der Waals surface area contributed by atoms with Crippen LogP contribution in [0, 0.1) is 5.82 Å². The lowest BCUT2D eigenvalue weighted by Gasteiger charge is -2.33. The Bertz CT molecular complexity index is 1330. The Kier molecular flexibility index (Phi) is 5.97. The summed E-state index contributed by atoms with van der Waals surface area (Å²) in [5.74, 6) is -1.18. The van der Waals surface area contributed by atoms with Gasteiger partial charge in [-0.25, -0.2) is 14.2 Å². The maximum absolute atomic E-state index is 14.3. The largest absolute Gasteiger partial charge is 0.497 e. The summed E-state index contributed by atoms with van der Waals surface area (Å²) in [4.78, 5) is 17.6. The van der Waals surface area contributed by atoms with E-state index >= 15 is 0 Å². The molecule has 0 saturated carbocycles. The molecule has 182 valence electrons. The first-order valence-corrected chi connectivity index (χ1v) is 9.94. The van der Waals surface area contributed by atoms with Gasteiger partial charge in [0, 0.05) is 29.1 Å². The zero-order chi connectivity index (χ0) is 25.4. The van der Waals surface area contributed by atoms with Crippen molar-refractivity contribution in [2.45, 2.75) is 11.7 Å². The van der Waals surface area contributed by atoms with Crippen molar-refractivity contribution in [1.29, 1.82) is 0 Å². The number of hydrogen-bond acceptors (Lipinski definition) is 7. The van der Waals surface area contributed by atoms with E-state index < -0.39 is 17.7 Å². The molecule has 0 saturated heterocycles. The van der Waals surface area contributed by atoms with Crippen molar-refractivity contribution in [3.05, 3.63) is 71.8 Å². The molecule has 2 aromatic carbocycles. The van der Waals surface area contributed by atoms with Crippen LogP contribution in [-0.4, -0.2) is 42.0 Å². The Morgan fingerprint density at radius 1 is 1.14 bits per heavy atom. The maximum Gasteiger partial charge on any atom is 0.490 e. The number of nitrogens with two attached hydrogens (primary N) is 1. The van der Waals surface area contributed by atoms with Gasteiger partial charge in [0.05, 0.1) is 7.11 Å². The third-order valence-corrected chi connectivity index (χ3v) is 5.33. The van der Waals surface area contributed by atoms with E-state index in [4.69, 9.17) is 29.8 Å². The van der Waals surface area contributed by atoms with E-state index in [0.29, 0.717) is 28.4 Å². The van der Waals surface area contributed by atoms with Gasteiger partial charge in [-0.2, -0.15) is 13.2 Å². The topological polar surface area (TPSA) is 116 Å². The number of alkyl halides is 3. The lowest BCUT2D eigenvalue weighted by molar-refractivity contribution is -0.192. The molecule has 0 aliphatic carbocycles. The number of aliphatic imine (C=N–C) groups is 1. The van der Waals surface area contributed by atoms with E-state index in [1.165, 1.54) is 18.5 Å². The minimum absolute atomic E-state index is 0.0968. The maximum atomic E-state index is 14.3. The van der Waals surface area contributed by atoms with Crippen molar-refractivity contribution in [1.82, 2.24) is 4.98 Å². The third-order valence-electron chi connectivity index (χ3n) is 5.33. The molecule has 0 amide bonds. The van der Waals surface area contributed by atoms with Crippen LogP contribution >= 0.6 is 0 Å². The Labute approximate surface area is 195 Å². The summed E-state index contributed by atoms with van der Waals surface area (Å²) in [6.07, 6.45) is -2.17. The number of hydrogen-bond donors (Lipinski definition) is 2. The van der Waals surface area contributed by atoms with Crippen LogP contribution in [0.25, 0.3) is 11.1 Å². The molecule has 1 aromatic heterocycles. The van der Waals surface area contributed by atoms with Gasteiger partial charge in [0.2, 0.25) is 0 Å². The van der Waals surface area contributed by atoms with Gasteiger partial charge in [-0.3, -0.25) is 4.98 Å². The number of nitrogens with zero attached hydrogens (tertiary/aromatic N) is 2. The predicted octanol–water partition coefficient (Wildman–Crippen LogP) is 4.22. The van der Waals surface area contributed by atoms with Gasteiger partial charge in [0.15, 0.2) is 5.54 Å². The van der Waals surface area contributed by atoms with Crippen LogP contribution in [0.1, 0.15) is 11.1 Å². The molecule has 0 radical (unpaired) electrons. The smallest absolute Gasteiger partial charge is 0.490 e. The van der Waals surface area contributed by atoms with Crippen LogP contribution in [-0.2, 0) is 15.1 Å². The quantitative estimate of drug-likeness (QED) is 0.516. The highest BCUT2D eigenvalue weighted by Gasteiger charge is 2.47. The molecule has 1 atom stereocenters. The van der Waals surface area contributed by atoms with Crippen molar-refractivity contribution in [2.24, 2.45) is 10.7 Å². The number of aromatic nitrogens is 1. The summed E-state index contributed by atoms with van der Waals surface area (Å²) in [6, 6.07) is 12.4. The second kappa shape index (κ2) is 8.78. The first-order chi connectivity index (χ1) is 16.5. The fourth-order valence-corrected chi connectivity index (χ4v) is 3.72. The van der Waals surface area contributed by atoms with E-state index in [1.54, 1.807) is 19.2 Å². The number of benzene rings is 2. The van der Waals surface area contributed by atoms with Crippen LogP contribution in [0.15, 0.2) is 59.9 Å². The average molecular weight is 491 g/mol. The molecule has 0 bridgehead atoms. The Balaban J connectivity index is 0.000000364. The Morgan fingerprint density at radius 2 is 1.80 bits per heavy atom. The summed E-state index contributed by atoms with van der Waals surface area (Å²) < 4.78 is 63.1. The Morgan fingerprint density at radius 3 is 2.37 bits per heavy atom. The van der Waals surface area contributed by atoms with E-state index in [9.17, 15) is 17.6 Å². The molecule has 8 nitrogen and oxygen atoms in total. The molecule has 35 heavy (non-hydrogen) atoms. The summed E-state index contributed by atoms with van der Waals surface area (Å²) >= 11 is 0. The van der Waals surface area contributed by atoms with Crippen LogP contribution in [0.2, 0.25) is 0 Å². The van der Waals surface area contributed by atoms with Gasteiger partial charge in [-0.15, -0.1) is 0 Å². The van der Waals surface area contributed by atoms with Crippen LogP contribution in [0.5, 0.6) is 17.2 Å². The number of carbonyl (C=O) groups is 1. The van der Waals surface area contributed by atoms with Crippen molar-refractivity contribution < 1.29 is 41.7 Å². The summed E-state index contributed by atoms with van der Waals surface area (Å²) in [5, 5.41) is 7.12. The molecule has 3 N–H and O–H groups in total. The monoisotopic (exact) mass is 491 g/mol. The van der Waals surface area contributed by atoms with Gasteiger partial charge in [-0.05, 0) is 42.0 Å². The lowest BCUT2D eigenvalue weighted by Crippen LogP contribution is -2.31. The van der Waals surface area contributed by atoms with Gasteiger partial charge in [0.25, 0.3) is 6.02 Å². The molecule has 0 fully saturated rings. The van der Waals surface area contributed by atoms with E-state index in [-0.39, 0.29) is 18.4 Å². The fraction of sp³-hybridized carbons (Fsp3) is 0.174. The predicted molar refractivity (Wildman–Crippen MR) is 115 cm³/mol. The fourth-order valence-electron chi connectivity index (χ4n) is 3.72. The number of halogens is 4. The summed E-state index contributed by atoms with van der Waals surface area (Å²) in [6.45, 7) is 0.217. The molecular weight excluding hydrogens is 474 g/mol. The van der Waals surface area contributed by atoms with Crippen molar-refractivity contribution in [3.63, 3.8) is 0 Å². The number of fused-ring (bicyclic) bond motifs is 4. The van der Waals surface area contributed by atoms with Crippen LogP contribution < -0.4 is 15.2 Å². The van der Waals surface area contributed by atoms with Crippen LogP contribution in [0.3, 0.4) is 0 Å². The molecule has 3 heterocycles. The van der Waals surface area contributed by atoms with Crippen LogP contribution in [0.4, 0.5) is 17.6 Å². The average Bonchev–Trinajstić information content (AvgIpc) is 3.21. The van der Waals surface area contributed by atoms with Crippen molar-refractivity contribution in [2.75, 3.05) is 13.7 Å². The first kappa shape index (κ1) is 23.8. The van der Waals surface area contributed by atoms with Gasteiger partial charge < -0.3 is 25.1 Å². The minimum Gasteiger partial charge on any atom is -0.497 e. The molecule has 1 unspecified atom stereocenters. The summed E-state index contributed by atoms with van der Waals surface area (Å²) in [5.41, 5.74) is 7.58. The number of rotatable bonds is 2. The zero-order valence-electron chi connectivity index (χ0n) is 18.0. The van der Waals surface area contributed by atoms with Gasteiger partial charge in [-0.1, -0.05) is 6.07 Å². The molecule has 1 spiro atoms. The highest BCUT2D eigenvalue weighted by atomic mass is 19.4. The number of aliphatic carboxylic acids is 1. The zero-order valence-corrected chi connectivity index (χ0v) is 18.0. The van der Waals surface area contributed by atoms with E-state index in [1.807, 2.05) is 24.3 Å². The lowest BCUT2D eigenvalue weighted by atomic mass is 9.80. The van der Waals surface area contributed by atoms with Crippen molar-refractivity contribution >= 4 is 12.0 Å². The van der Waals surface area contributed by atoms with Crippen molar-refractivity contribution in [3.8, 4) is 28.4 Å².